The maximum absolute atomic E-state index is 12.7. The summed E-state index contributed by atoms with van der Waals surface area (Å²) in [6.07, 6.45) is 1.32. The Kier molecular flexibility index (Phi) is 5.20. The van der Waals surface area contributed by atoms with Crippen molar-refractivity contribution in [3.8, 4) is 11.5 Å². The van der Waals surface area contributed by atoms with E-state index in [1.807, 2.05) is 29.2 Å². The van der Waals surface area contributed by atoms with Gasteiger partial charge in [0, 0.05) is 34.3 Å². The van der Waals surface area contributed by atoms with Crippen molar-refractivity contribution in [3.05, 3.63) is 51.6 Å². The number of rotatable bonds is 3. The van der Waals surface area contributed by atoms with Crippen LogP contribution in [0.25, 0.3) is 0 Å². The molecule has 0 unspecified atom stereocenters. The third-order valence-corrected chi connectivity index (χ3v) is 5.84. The van der Waals surface area contributed by atoms with Gasteiger partial charge in [-0.15, -0.1) is 0 Å². The lowest BCUT2D eigenvalue weighted by Crippen LogP contribution is -2.41. The molecule has 0 aromatic heterocycles. The number of hydrogen-bond acceptors (Lipinski definition) is 4. The zero-order valence-electron chi connectivity index (χ0n) is 14.6. The number of carbonyl (C=O) groups excluding carboxylic acids is 2. The lowest BCUT2D eigenvalue weighted by atomic mass is 9.95. The number of hydrogen-bond donors (Lipinski definition) is 1. The van der Waals surface area contributed by atoms with Crippen LogP contribution in [0.15, 0.2) is 42.5 Å². The fourth-order valence-corrected chi connectivity index (χ4v) is 3.99. The molecule has 0 saturated carbocycles. The van der Waals surface area contributed by atoms with Crippen LogP contribution < -0.4 is 14.8 Å². The molecule has 2 aliphatic rings. The number of benzene rings is 2. The molecule has 1 saturated heterocycles. The van der Waals surface area contributed by atoms with Gasteiger partial charge in [-0.2, -0.15) is 0 Å². The normalized spacial score (nSPS) is 16.3. The SMILES string of the molecule is O=C(Nc1ccc2c(c1)OCO2)C1CCN(C(=O)c2ccccc2I)CC1. The molecule has 0 atom stereocenters. The van der Waals surface area contributed by atoms with Crippen LogP contribution in [-0.2, 0) is 4.79 Å². The summed E-state index contributed by atoms with van der Waals surface area (Å²) in [5.74, 6) is 1.25. The Hall–Kier alpha value is -2.29. The number of likely N-dealkylation sites (tertiary alicyclic amines) is 1. The average molecular weight is 478 g/mol. The van der Waals surface area contributed by atoms with E-state index in [2.05, 4.69) is 27.9 Å². The summed E-state index contributed by atoms with van der Waals surface area (Å²) in [6.45, 7) is 1.38. The Morgan fingerprint density at radius 2 is 1.78 bits per heavy atom. The van der Waals surface area contributed by atoms with Gasteiger partial charge in [-0.25, -0.2) is 0 Å². The van der Waals surface area contributed by atoms with Crippen LogP contribution in [0.3, 0.4) is 0 Å². The summed E-state index contributed by atoms with van der Waals surface area (Å²) < 4.78 is 11.6. The molecule has 2 aromatic rings. The fraction of sp³-hybridized carbons (Fsp3) is 0.300. The molecule has 2 aliphatic heterocycles. The first-order chi connectivity index (χ1) is 13.1. The van der Waals surface area contributed by atoms with Crippen molar-refractivity contribution >= 4 is 40.1 Å². The van der Waals surface area contributed by atoms with Gasteiger partial charge in [0.15, 0.2) is 11.5 Å². The highest BCUT2D eigenvalue weighted by atomic mass is 127. The summed E-state index contributed by atoms with van der Waals surface area (Å²) in [6, 6.07) is 13.0. The second-order valence-corrected chi connectivity index (χ2v) is 7.77. The van der Waals surface area contributed by atoms with Gasteiger partial charge in [0.1, 0.15) is 0 Å². The van der Waals surface area contributed by atoms with Crippen LogP contribution in [0.2, 0.25) is 0 Å². The van der Waals surface area contributed by atoms with Crippen molar-refractivity contribution in [2.24, 2.45) is 5.92 Å². The second kappa shape index (κ2) is 7.75. The molecule has 1 fully saturated rings. The van der Waals surface area contributed by atoms with Gasteiger partial charge in [0.25, 0.3) is 5.91 Å². The van der Waals surface area contributed by atoms with Crippen LogP contribution >= 0.6 is 22.6 Å². The number of piperidine rings is 1. The van der Waals surface area contributed by atoms with E-state index < -0.39 is 0 Å². The van der Waals surface area contributed by atoms with Gasteiger partial charge < -0.3 is 19.7 Å². The Bertz CT molecular complexity index is 878. The Morgan fingerprint density at radius 3 is 2.56 bits per heavy atom. The molecule has 6 nitrogen and oxygen atoms in total. The number of fused-ring (bicyclic) bond motifs is 1. The van der Waals surface area contributed by atoms with E-state index in [9.17, 15) is 9.59 Å². The van der Waals surface area contributed by atoms with Gasteiger partial charge in [-0.3, -0.25) is 9.59 Å². The van der Waals surface area contributed by atoms with Crippen molar-refractivity contribution in [3.63, 3.8) is 0 Å². The van der Waals surface area contributed by atoms with Gasteiger partial charge >= 0.3 is 0 Å². The lowest BCUT2D eigenvalue weighted by Gasteiger charge is -2.31. The Balaban J connectivity index is 1.34. The minimum Gasteiger partial charge on any atom is -0.454 e. The monoisotopic (exact) mass is 478 g/mol. The molecule has 0 bridgehead atoms. The molecule has 4 rings (SSSR count). The highest BCUT2D eigenvalue weighted by Crippen LogP contribution is 2.34. The highest BCUT2D eigenvalue weighted by Gasteiger charge is 2.28. The van der Waals surface area contributed by atoms with Gasteiger partial charge in [-0.1, -0.05) is 12.1 Å². The molecule has 0 radical (unpaired) electrons. The fourth-order valence-electron chi connectivity index (χ4n) is 3.37. The molecule has 1 N–H and O–H groups in total. The van der Waals surface area contributed by atoms with Crippen LogP contribution in [0.5, 0.6) is 11.5 Å². The van der Waals surface area contributed by atoms with E-state index in [1.165, 1.54) is 0 Å². The molecule has 7 heteroatoms. The minimum absolute atomic E-state index is 0.0183. The number of ether oxygens (including phenoxy) is 2. The molecule has 140 valence electrons. The van der Waals surface area contributed by atoms with Gasteiger partial charge in [-0.05, 0) is 59.7 Å². The number of anilines is 1. The third kappa shape index (κ3) is 3.87. The quantitative estimate of drug-likeness (QED) is 0.686. The number of amides is 2. The number of nitrogens with one attached hydrogen (secondary N) is 1. The van der Waals surface area contributed by atoms with Gasteiger partial charge in [0.05, 0.1) is 5.56 Å². The molecule has 27 heavy (non-hydrogen) atoms. The second-order valence-electron chi connectivity index (χ2n) is 6.60. The maximum atomic E-state index is 12.7. The molecule has 0 spiro atoms. The molecular formula is C20H19IN2O4. The van der Waals surface area contributed by atoms with Crippen molar-refractivity contribution < 1.29 is 19.1 Å². The zero-order valence-corrected chi connectivity index (χ0v) is 16.8. The largest absolute Gasteiger partial charge is 0.454 e. The van der Waals surface area contributed by atoms with Crippen LogP contribution in [0.4, 0.5) is 5.69 Å². The Labute approximate surface area is 171 Å². The van der Waals surface area contributed by atoms with Crippen LogP contribution in [-0.4, -0.2) is 36.6 Å². The summed E-state index contributed by atoms with van der Waals surface area (Å²) in [5.41, 5.74) is 1.42. The summed E-state index contributed by atoms with van der Waals surface area (Å²) >= 11 is 2.18. The smallest absolute Gasteiger partial charge is 0.254 e. The van der Waals surface area contributed by atoms with E-state index in [1.54, 1.807) is 18.2 Å². The average Bonchev–Trinajstić information content (AvgIpc) is 3.16. The van der Waals surface area contributed by atoms with E-state index in [0.717, 1.165) is 9.13 Å². The topological polar surface area (TPSA) is 67.9 Å². The maximum Gasteiger partial charge on any atom is 0.254 e. The molecule has 2 amide bonds. The molecule has 2 aromatic carbocycles. The van der Waals surface area contributed by atoms with Crippen molar-refractivity contribution in [2.75, 3.05) is 25.2 Å². The van der Waals surface area contributed by atoms with Gasteiger partial charge in [0.2, 0.25) is 12.7 Å². The molecule has 2 heterocycles. The van der Waals surface area contributed by atoms with Crippen molar-refractivity contribution in [2.45, 2.75) is 12.8 Å². The summed E-state index contributed by atoms with van der Waals surface area (Å²) in [7, 11) is 0. The van der Waals surface area contributed by atoms with E-state index in [4.69, 9.17) is 9.47 Å². The Morgan fingerprint density at radius 1 is 1.04 bits per heavy atom. The predicted octanol–water partition coefficient (Wildman–Crippen LogP) is 3.51. The van der Waals surface area contributed by atoms with Crippen molar-refractivity contribution in [1.82, 2.24) is 4.90 Å². The minimum atomic E-state index is -0.102. The molecule has 0 aliphatic carbocycles. The first-order valence-electron chi connectivity index (χ1n) is 8.86. The predicted molar refractivity (Wildman–Crippen MR) is 109 cm³/mol. The highest BCUT2D eigenvalue weighted by molar-refractivity contribution is 14.1. The number of carbonyl (C=O) groups is 2. The third-order valence-electron chi connectivity index (χ3n) is 4.90. The van der Waals surface area contributed by atoms with E-state index in [0.29, 0.717) is 43.1 Å². The standard InChI is InChI=1S/C20H19IN2O4/c21-16-4-2-1-3-15(16)20(25)23-9-7-13(8-10-23)19(24)22-14-5-6-17-18(11-14)27-12-26-17/h1-6,11,13H,7-10,12H2,(H,22,24). The van der Waals surface area contributed by atoms with Crippen LogP contribution in [0.1, 0.15) is 23.2 Å². The summed E-state index contributed by atoms with van der Waals surface area (Å²) in [5, 5.41) is 2.95. The number of nitrogens with zero attached hydrogens (tertiary/aromatic N) is 1. The zero-order chi connectivity index (χ0) is 18.8. The molecular weight excluding hydrogens is 459 g/mol. The summed E-state index contributed by atoms with van der Waals surface area (Å²) in [4.78, 5) is 27.1. The van der Waals surface area contributed by atoms with E-state index >= 15 is 0 Å². The van der Waals surface area contributed by atoms with Crippen LogP contribution in [0, 0.1) is 9.49 Å². The lowest BCUT2D eigenvalue weighted by molar-refractivity contribution is -0.121. The number of halogens is 1. The first kappa shape index (κ1) is 18.1. The van der Waals surface area contributed by atoms with Crippen molar-refractivity contribution in [1.29, 1.82) is 0 Å². The first-order valence-corrected chi connectivity index (χ1v) is 9.94. The van der Waals surface area contributed by atoms with E-state index in [-0.39, 0.29) is 24.5 Å².